The third-order valence-corrected chi connectivity index (χ3v) is 5.07. The van der Waals surface area contributed by atoms with E-state index < -0.39 is 20.9 Å². The van der Waals surface area contributed by atoms with Crippen molar-refractivity contribution in [2.75, 3.05) is 19.8 Å². The van der Waals surface area contributed by atoms with Crippen LogP contribution in [0.25, 0.3) is 0 Å². The molecule has 104 valence electrons. The number of carbonyl (C=O) groups excluding carboxylic acids is 1. The Labute approximate surface area is 110 Å². The number of halogens is 1. The summed E-state index contributed by atoms with van der Waals surface area (Å²) >= 11 is 0. The van der Waals surface area contributed by atoms with Crippen LogP contribution in [0.4, 0.5) is 4.39 Å². The van der Waals surface area contributed by atoms with Gasteiger partial charge in [0.2, 0.25) is 0 Å². The summed E-state index contributed by atoms with van der Waals surface area (Å²) < 4.78 is 42.7. The lowest BCUT2D eigenvalue weighted by molar-refractivity contribution is 0.0415. The summed E-state index contributed by atoms with van der Waals surface area (Å²) in [6.07, 6.45) is 0.0992. The zero-order valence-corrected chi connectivity index (χ0v) is 11.0. The van der Waals surface area contributed by atoms with Gasteiger partial charge >= 0.3 is 0 Å². The fraction of sp³-hybridized carbons (Fsp3) is 0.417. The minimum Gasteiger partial charge on any atom is -0.379 e. The van der Waals surface area contributed by atoms with Crippen LogP contribution in [-0.4, -0.2) is 39.2 Å². The number of sulfone groups is 1. The number of ketones is 1. The number of hydrogen-bond acceptors (Lipinski definition) is 5. The number of hydrogen-bond donors (Lipinski definition) is 1. The maximum atomic E-state index is 13.9. The molecule has 0 aromatic heterocycles. The molecular formula is C12H14FNO4S. The Morgan fingerprint density at radius 2 is 2.11 bits per heavy atom. The molecule has 7 heteroatoms. The van der Waals surface area contributed by atoms with Crippen LogP contribution >= 0.6 is 0 Å². The first-order chi connectivity index (χ1) is 8.96. The monoisotopic (exact) mass is 287 g/mol. The van der Waals surface area contributed by atoms with Crippen LogP contribution in [0.5, 0.6) is 0 Å². The summed E-state index contributed by atoms with van der Waals surface area (Å²) in [6.45, 7) is 0.325. The molecule has 2 N–H and O–H groups in total. The van der Waals surface area contributed by atoms with Crippen molar-refractivity contribution in [3.05, 3.63) is 29.6 Å². The molecule has 1 fully saturated rings. The Kier molecular flexibility index (Phi) is 3.98. The van der Waals surface area contributed by atoms with Crippen molar-refractivity contribution in [3.63, 3.8) is 0 Å². The van der Waals surface area contributed by atoms with Crippen LogP contribution < -0.4 is 5.73 Å². The molecule has 1 aromatic rings. The number of benzene rings is 1. The molecule has 0 aliphatic carbocycles. The van der Waals surface area contributed by atoms with Gasteiger partial charge in [0.15, 0.2) is 15.6 Å². The van der Waals surface area contributed by atoms with E-state index in [-0.39, 0.29) is 42.4 Å². The van der Waals surface area contributed by atoms with Gasteiger partial charge in [-0.2, -0.15) is 0 Å². The van der Waals surface area contributed by atoms with E-state index in [4.69, 9.17) is 10.5 Å². The molecule has 0 atom stereocenters. The van der Waals surface area contributed by atoms with Gasteiger partial charge in [0.25, 0.3) is 0 Å². The Morgan fingerprint density at radius 1 is 1.42 bits per heavy atom. The molecular weight excluding hydrogens is 273 g/mol. The van der Waals surface area contributed by atoms with E-state index in [1.165, 1.54) is 6.07 Å². The van der Waals surface area contributed by atoms with Crippen LogP contribution in [0, 0.1) is 5.82 Å². The first-order valence-electron chi connectivity index (χ1n) is 5.81. The Bertz CT molecular complexity index is 596. The first-order valence-corrected chi connectivity index (χ1v) is 7.36. The predicted octanol–water partition coefficient (Wildman–Crippen LogP) is 0.530. The predicted molar refractivity (Wildman–Crippen MR) is 66.2 cm³/mol. The Balaban J connectivity index is 2.31. The summed E-state index contributed by atoms with van der Waals surface area (Å²) in [7, 11) is -3.72. The molecule has 0 radical (unpaired) electrons. The van der Waals surface area contributed by atoms with Crippen LogP contribution in [0.1, 0.15) is 16.8 Å². The van der Waals surface area contributed by atoms with E-state index in [2.05, 4.69) is 0 Å². The second-order valence-corrected chi connectivity index (χ2v) is 6.51. The second kappa shape index (κ2) is 5.36. The van der Waals surface area contributed by atoms with Crippen molar-refractivity contribution in [1.29, 1.82) is 0 Å². The highest BCUT2D eigenvalue weighted by atomic mass is 32.2. The summed E-state index contributed by atoms with van der Waals surface area (Å²) in [5, 5.41) is -0.701. The van der Waals surface area contributed by atoms with Crippen LogP contribution in [0.15, 0.2) is 23.1 Å². The van der Waals surface area contributed by atoms with Crippen molar-refractivity contribution >= 4 is 15.6 Å². The van der Waals surface area contributed by atoms with Gasteiger partial charge in [-0.3, -0.25) is 4.79 Å². The fourth-order valence-electron chi connectivity index (χ4n) is 1.75. The SMILES string of the molecule is NCCC(=O)c1ccc(S(=O)(=O)C2COC2)c(F)c1. The molecule has 0 amide bonds. The minimum absolute atomic E-state index is 0.0790. The molecule has 1 heterocycles. The lowest BCUT2D eigenvalue weighted by atomic mass is 10.1. The lowest BCUT2D eigenvalue weighted by Crippen LogP contribution is -2.41. The quantitative estimate of drug-likeness (QED) is 0.798. The van der Waals surface area contributed by atoms with Crippen molar-refractivity contribution in [2.45, 2.75) is 16.6 Å². The number of rotatable bonds is 5. The fourth-order valence-corrected chi connectivity index (χ4v) is 3.25. The molecule has 2 rings (SSSR count). The van der Waals surface area contributed by atoms with Gasteiger partial charge in [0.1, 0.15) is 16.0 Å². The van der Waals surface area contributed by atoms with Gasteiger partial charge in [0, 0.05) is 12.0 Å². The minimum atomic E-state index is -3.72. The van der Waals surface area contributed by atoms with Crippen molar-refractivity contribution in [1.82, 2.24) is 0 Å². The van der Waals surface area contributed by atoms with E-state index in [0.29, 0.717) is 0 Å². The highest BCUT2D eigenvalue weighted by molar-refractivity contribution is 7.92. The van der Waals surface area contributed by atoms with E-state index in [0.717, 1.165) is 12.1 Å². The maximum absolute atomic E-state index is 13.9. The largest absolute Gasteiger partial charge is 0.379 e. The van der Waals surface area contributed by atoms with Crippen molar-refractivity contribution < 1.29 is 22.3 Å². The summed E-state index contributed by atoms with van der Waals surface area (Å²) in [5.41, 5.74) is 5.38. The zero-order chi connectivity index (χ0) is 14.0. The molecule has 1 aromatic carbocycles. The van der Waals surface area contributed by atoms with Crippen molar-refractivity contribution in [2.24, 2.45) is 5.73 Å². The topological polar surface area (TPSA) is 86.5 Å². The molecule has 0 saturated carbocycles. The lowest BCUT2D eigenvalue weighted by Gasteiger charge is -2.25. The highest BCUT2D eigenvalue weighted by Gasteiger charge is 2.35. The first kappa shape index (κ1) is 14.1. The summed E-state index contributed by atoms with van der Waals surface area (Å²) in [6, 6.07) is 3.39. The molecule has 19 heavy (non-hydrogen) atoms. The summed E-state index contributed by atoms with van der Waals surface area (Å²) in [4.78, 5) is 11.2. The average Bonchev–Trinajstić information content (AvgIpc) is 2.25. The number of Topliss-reactive ketones (excluding diaryl/α,β-unsaturated/α-hetero) is 1. The normalized spacial score (nSPS) is 16.1. The van der Waals surface area contributed by atoms with Gasteiger partial charge in [-0.15, -0.1) is 0 Å². The van der Waals surface area contributed by atoms with E-state index in [1.807, 2.05) is 0 Å². The number of nitrogens with two attached hydrogens (primary N) is 1. The maximum Gasteiger partial charge on any atom is 0.188 e. The van der Waals surface area contributed by atoms with Gasteiger partial charge in [-0.1, -0.05) is 0 Å². The standard InChI is InChI=1S/C12H14FNO4S/c13-10-5-8(11(15)3-4-14)1-2-12(10)19(16,17)9-6-18-7-9/h1-2,5,9H,3-4,6-7,14H2. The van der Waals surface area contributed by atoms with Gasteiger partial charge in [-0.05, 0) is 24.7 Å². The van der Waals surface area contributed by atoms with E-state index >= 15 is 0 Å². The van der Waals surface area contributed by atoms with Crippen LogP contribution in [0.2, 0.25) is 0 Å². The van der Waals surface area contributed by atoms with Gasteiger partial charge < -0.3 is 10.5 Å². The molecule has 0 spiro atoms. The summed E-state index contributed by atoms with van der Waals surface area (Å²) in [5.74, 6) is -1.22. The van der Waals surface area contributed by atoms with E-state index in [1.54, 1.807) is 0 Å². The Morgan fingerprint density at radius 3 is 2.58 bits per heavy atom. The third-order valence-electron chi connectivity index (χ3n) is 2.98. The van der Waals surface area contributed by atoms with Crippen LogP contribution in [0.3, 0.4) is 0 Å². The van der Waals surface area contributed by atoms with Gasteiger partial charge in [0.05, 0.1) is 13.2 Å². The van der Waals surface area contributed by atoms with E-state index in [9.17, 15) is 17.6 Å². The smallest absolute Gasteiger partial charge is 0.188 e. The number of ether oxygens (including phenoxy) is 1. The second-order valence-electron chi connectivity index (χ2n) is 4.31. The molecule has 1 aliphatic heterocycles. The third kappa shape index (κ3) is 2.68. The average molecular weight is 287 g/mol. The van der Waals surface area contributed by atoms with Crippen molar-refractivity contribution in [3.8, 4) is 0 Å². The van der Waals surface area contributed by atoms with Gasteiger partial charge in [-0.25, -0.2) is 12.8 Å². The number of carbonyl (C=O) groups is 1. The van der Waals surface area contributed by atoms with Crippen LogP contribution in [-0.2, 0) is 14.6 Å². The zero-order valence-electron chi connectivity index (χ0n) is 10.1. The molecule has 0 bridgehead atoms. The molecule has 5 nitrogen and oxygen atoms in total. The molecule has 1 aliphatic rings. The molecule has 1 saturated heterocycles. The Hall–Kier alpha value is -1.31. The molecule has 0 unspecified atom stereocenters. The highest BCUT2D eigenvalue weighted by Crippen LogP contribution is 2.24.